The summed E-state index contributed by atoms with van der Waals surface area (Å²) in [5.74, 6) is -98.1. The molecule has 0 heterocycles. The maximum atomic E-state index is 18.8. The number of hydrogen-bond donors (Lipinski definition) is 0. The number of halogens is 23. The fraction of sp³-hybridized carbons (Fsp3) is 0.774. The average molecular weight is 1620 g/mol. The van der Waals surface area contributed by atoms with Gasteiger partial charge in [-0.25, -0.2) is 4.79 Å². The Morgan fingerprint density at radius 3 is 0.555 bits per heavy atom. The van der Waals surface area contributed by atoms with Crippen LogP contribution in [0.5, 0.6) is 0 Å². The van der Waals surface area contributed by atoms with Crippen molar-refractivity contribution in [1.82, 2.24) is 0 Å². The first kappa shape index (κ1) is 85.2. The van der Waals surface area contributed by atoms with Gasteiger partial charge in [-0.3, -0.25) is 0 Å². The van der Waals surface area contributed by atoms with E-state index in [0.29, 0.717) is 226 Å². The highest BCUT2D eigenvalue weighted by molar-refractivity contribution is 8.30. The van der Waals surface area contributed by atoms with Gasteiger partial charge in [0.15, 0.2) is 0 Å². The first-order chi connectivity index (χ1) is 51.7. The van der Waals surface area contributed by atoms with E-state index in [1.54, 1.807) is 0 Å². The molecular weight excluding hydrogens is 1510 g/mol. The summed E-state index contributed by atoms with van der Waals surface area (Å²) in [5.41, 5.74) is 5.70. The molecule has 0 bridgehead atoms. The Kier molecular flexibility index (Phi) is 25.4. The van der Waals surface area contributed by atoms with Crippen LogP contribution in [-0.4, -0.2) is 71.4 Å². The summed E-state index contributed by atoms with van der Waals surface area (Å²) < 4.78 is 370. The monoisotopic (exact) mass is 1610 g/mol. The van der Waals surface area contributed by atoms with Crippen molar-refractivity contribution in [2.24, 2.45) is 0 Å². The molecule has 3 aromatic rings. The summed E-state index contributed by atoms with van der Waals surface area (Å²) in [6, 6.07) is 12.2. The molecule has 0 N–H and O–H groups in total. The predicted octanol–water partition coefficient (Wildman–Crippen LogP) is 30.8. The second-order valence-corrected chi connectivity index (χ2v) is 36.8. The van der Waals surface area contributed by atoms with E-state index in [1.165, 1.54) is 0 Å². The van der Waals surface area contributed by atoms with Crippen LogP contribution in [0.4, 0.5) is 101 Å². The molecule has 9 fully saturated rings. The van der Waals surface area contributed by atoms with Crippen LogP contribution in [0.3, 0.4) is 0 Å². The van der Waals surface area contributed by atoms with Crippen LogP contribution in [0.1, 0.15) is 392 Å². The Bertz CT molecular complexity index is 3250. The first-order valence-corrected chi connectivity index (χ1v) is 42.8. The van der Waals surface area contributed by atoms with Crippen molar-refractivity contribution >= 4 is 16.3 Å². The van der Waals surface area contributed by atoms with Crippen molar-refractivity contribution in [3.8, 4) is 0 Å². The quantitative estimate of drug-likeness (QED) is 0.0885. The zero-order chi connectivity index (χ0) is 79.5. The summed E-state index contributed by atoms with van der Waals surface area (Å²) in [6.07, 6.45) is 20.8. The maximum absolute atomic E-state index is 18.8. The number of rotatable bonds is 23. The van der Waals surface area contributed by atoms with E-state index >= 15 is 75.0 Å². The van der Waals surface area contributed by atoms with Crippen molar-refractivity contribution in [3.05, 3.63) is 86.5 Å². The predicted molar refractivity (Wildman–Crippen MR) is 376 cm³/mol. The van der Waals surface area contributed by atoms with Crippen LogP contribution in [0.15, 0.2) is 51.1 Å². The van der Waals surface area contributed by atoms with Crippen LogP contribution in [0.2, 0.25) is 0 Å². The lowest BCUT2D eigenvalue weighted by Crippen LogP contribution is -2.78. The summed E-state index contributed by atoms with van der Waals surface area (Å²) in [7, 11) is -4.96. The van der Waals surface area contributed by atoms with E-state index in [2.05, 4.69) is 0 Å². The zero-order valence-corrected chi connectivity index (χ0v) is 63.2. The molecule has 0 radical (unpaired) electrons. The summed E-state index contributed by atoms with van der Waals surface area (Å²) in [4.78, 5) is 17.2. The largest absolute Gasteiger partial charge is 0.460 e. The van der Waals surface area contributed by atoms with E-state index in [-0.39, 0.29) is 32.4 Å². The third kappa shape index (κ3) is 15.0. The number of alkyl halides is 23. The lowest BCUT2D eigenvalue weighted by atomic mass is 9.75. The van der Waals surface area contributed by atoms with Gasteiger partial charge in [-0.15, -0.1) is 0 Å². The van der Waals surface area contributed by atoms with Crippen LogP contribution in [0.25, 0.3) is 0 Å². The smallest absolute Gasteiger partial charge is 0.397 e. The first-order valence-electron chi connectivity index (χ1n) is 41.2. The molecule has 0 saturated heterocycles. The number of carbonyl (C=O) groups excluding carboxylic acids is 1. The zero-order valence-electron chi connectivity index (χ0n) is 62.4. The van der Waals surface area contributed by atoms with E-state index in [1.807, 2.05) is 36.4 Å². The fourth-order valence-electron chi connectivity index (χ4n) is 20.9. The second-order valence-electron chi connectivity index (χ2n) is 34.3. The Morgan fingerprint density at radius 2 is 0.382 bits per heavy atom. The molecule has 620 valence electrons. The van der Waals surface area contributed by atoms with Gasteiger partial charge in [0.2, 0.25) is 0 Å². The van der Waals surface area contributed by atoms with Crippen LogP contribution in [-0.2, 0) is 8.98 Å². The highest BCUT2D eigenvalue weighted by Crippen LogP contribution is 2.80. The van der Waals surface area contributed by atoms with Gasteiger partial charge in [0.05, 0.1) is 0 Å². The molecule has 2 nitrogen and oxygen atoms in total. The van der Waals surface area contributed by atoms with Gasteiger partial charge >= 0.3 is 71.4 Å². The Hall–Kier alpha value is -4.13. The van der Waals surface area contributed by atoms with Crippen molar-refractivity contribution < 1.29 is 110 Å². The normalized spacial score (nSPS) is 22.9. The summed E-state index contributed by atoms with van der Waals surface area (Å²) in [6.45, 7) is 0. The third-order valence-electron chi connectivity index (χ3n) is 27.2. The molecule has 9 aliphatic rings. The van der Waals surface area contributed by atoms with Crippen molar-refractivity contribution in [2.75, 3.05) is 0 Å². The number of hydrogen-bond acceptors (Lipinski definition) is 2. The molecule has 9 aliphatic carbocycles. The van der Waals surface area contributed by atoms with Gasteiger partial charge < -0.3 is 4.18 Å². The SMILES string of the molecule is O=C(OS(c1c(C2CCCCC2)cc(C2CCCCC2)cc1C1CCCCC1)(c1c(C2CCCCC2)cc(C2CCCCC2)cc1C1CCCCC1)c1c(C2CCCCC2)cc(C2CCCCC2)cc1C1CCCCC1)C(F)(F)C(F)(F)C(F)(F)C(F)(F)C(F)(F)C(F)(F)C(F)(F)C(F)(F)C(F)(F)C(F)(F)C(F)(F)F. The molecule has 0 atom stereocenters. The van der Waals surface area contributed by atoms with Crippen LogP contribution < -0.4 is 0 Å². The molecule has 0 aliphatic heterocycles. The lowest BCUT2D eigenvalue weighted by molar-refractivity contribution is -0.477. The minimum atomic E-state index is -9.59. The van der Waals surface area contributed by atoms with Gasteiger partial charge in [-0.1, -0.05) is 210 Å². The molecule has 3 aromatic carbocycles. The molecule has 0 amide bonds. The lowest BCUT2D eigenvalue weighted by Gasteiger charge is -2.51. The highest BCUT2D eigenvalue weighted by atomic mass is 32.3. The van der Waals surface area contributed by atoms with E-state index in [4.69, 9.17) is 4.18 Å². The Balaban J connectivity index is 1.24. The van der Waals surface area contributed by atoms with Gasteiger partial charge in [0.25, 0.3) is 0 Å². The van der Waals surface area contributed by atoms with Crippen molar-refractivity contribution in [1.29, 1.82) is 0 Å². The number of benzene rings is 3. The van der Waals surface area contributed by atoms with E-state index in [9.17, 15) is 30.7 Å². The van der Waals surface area contributed by atoms with Gasteiger partial charge in [-0.05, 0) is 229 Å². The number of carbonyl (C=O) groups is 1. The molecule has 26 heteroatoms. The van der Waals surface area contributed by atoms with Crippen LogP contribution >= 0.6 is 10.3 Å². The Labute approximate surface area is 632 Å². The average Bonchev–Trinajstić information content (AvgIpc) is 0.687. The minimum Gasteiger partial charge on any atom is -0.397 e. The summed E-state index contributed by atoms with van der Waals surface area (Å²) >= 11 is 0. The highest BCUT2D eigenvalue weighted by Gasteiger charge is 2.99. The Morgan fingerprint density at radius 1 is 0.227 bits per heavy atom. The van der Waals surface area contributed by atoms with Gasteiger partial charge in [0, 0.05) is 14.7 Å². The summed E-state index contributed by atoms with van der Waals surface area (Å²) in [5, 5.41) is 0. The topological polar surface area (TPSA) is 26.3 Å². The van der Waals surface area contributed by atoms with Crippen LogP contribution in [0, 0.1) is 0 Å². The molecule has 9 saturated carbocycles. The minimum absolute atomic E-state index is 0.105. The van der Waals surface area contributed by atoms with Crippen molar-refractivity contribution in [3.63, 3.8) is 0 Å². The molecule has 12 rings (SSSR count). The van der Waals surface area contributed by atoms with E-state index in [0.717, 1.165) is 113 Å². The molecule has 110 heavy (non-hydrogen) atoms. The maximum Gasteiger partial charge on any atom is 0.460 e. The second kappa shape index (κ2) is 32.8. The fourth-order valence-corrected chi connectivity index (χ4v) is 25.4. The third-order valence-corrected chi connectivity index (χ3v) is 30.8. The standard InChI is InChI=1S/C84H105F23O2S/c85-74(86,75(87,88)76(89,90)77(91,92)78(93,94)79(95,96)80(97,98)81(99,100)82(101,102)83(103,104)84(105,106)107)73(108)109-110(70-64(55-34-16-4-17-35-55)46-61(52-28-10-1-11-29-52)47-65(70)56-36-18-5-19-37-56,71-66(57-38-20-6-21-39-57)48-62(53-30-12-2-13-31-53)49-67(71)58-40-22-7-23-41-58)72-68(59-42-24-8-25-43-59)50-63(54-32-14-3-15-33-54)51-69(72)60-44-26-9-27-45-60/h46-60H,1-45H2. The molecule has 0 aromatic heterocycles. The molecule has 0 unspecified atom stereocenters. The van der Waals surface area contributed by atoms with Gasteiger partial charge in [-0.2, -0.15) is 101 Å². The van der Waals surface area contributed by atoms with E-state index < -0.39 is 117 Å². The van der Waals surface area contributed by atoms with Gasteiger partial charge in [0.1, 0.15) is 0 Å². The van der Waals surface area contributed by atoms with Crippen molar-refractivity contribution in [2.45, 2.75) is 422 Å². The molecule has 0 spiro atoms. The molecular formula is C84H105F23O2S.